The summed E-state index contributed by atoms with van der Waals surface area (Å²) in [6.07, 6.45) is -2.72. The Balaban J connectivity index is -0.0000000786. The van der Waals surface area contributed by atoms with E-state index in [1.54, 1.807) is 0 Å². The maximum Gasteiger partial charge on any atom is 0.394 e. The predicted molar refractivity (Wildman–Crippen MR) is 58.5 cm³/mol. The van der Waals surface area contributed by atoms with E-state index in [0.29, 0.717) is 0 Å². The van der Waals surface area contributed by atoms with Crippen LogP contribution >= 0.6 is 0 Å². The van der Waals surface area contributed by atoms with Gasteiger partial charge in [-0.05, 0) is 13.8 Å². The number of hydrogen-bond acceptors (Lipinski definition) is 5. The lowest BCUT2D eigenvalue weighted by Crippen LogP contribution is -2.33. The van der Waals surface area contributed by atoms with Crippen LogP contribution in [0.3, 0.4) is 0 Å². The molecular weight excluding hydrogens is 244 g/mol. The molecule has 1 unspecified atom stereocenters. The van der Waals surface area contributed by atoms with E-state index < -0.39 is 28.7 Å². The van der Waals surface area contributed by atoms with Crippen LogP contribution in [0.2, 0.25) is 0 Å². The van der Waals surface area contributed by atoms with E-state index >= 15 is 0 Å². The van der Waals surface area contributed by atoms with Crippen molar-refractivity contribution in [2.45, 2.75) is 46.0 Å². The fourth-order valence-electron chi connectivity index (χ4n) is 0.403. The van der Waals surface area contributed by atoms with Gasteiger partial charge >= 0.3 is 10.4 Å². The first kappa shape index (κ1) is 24.8. The van der Waals surface area contributed by atoms with E-state index in [9.17, 15) is 0 Å². The van der Waals surface area contributed by atoms with Gasteiger partial charge in [-0.25, -0.2) is 0 Å². The van der Waals surface area contributed by atoms with Crippen molar-refractivity contribution < 1.29 is 38.3 Å². The molecule has 0 bridgehead atoms. The molecule has 0 aromatic heterocycles. The zero-order chi connectivity index (χ0) is 13.2. The van der Waals surface area contributed by atoms with Crippen LogP contribution in [0.15, 0.2) is 0 Å². The average Bonchev–Trinajstić information content (AvgIpc) is 2.03. The van der Waals surface area contributed by atoms with Gasteiger partial charge in [-0.3, -0.25) is 9.11 Å². The monoisotopic (exact) mass is 266 g/mol. The average molecular weight is 266 g/mol. The van der Waals surface area contributed by atoms with Gasteiger partial charge < -0.3 is 20.8 Å². The quantitative estimate of drug-likeness (QED) is 0.385. The Hall–Kier alpha value is -0.290. The smallest absolute Gasteiger partial charge is 0.394 e. The normalized spacial score (nSPS) is 15.1. The van der Waals surface area contributed by atoms with Crippen LogP contribution in [0.25, 0.3) is 0 Å². The third kappa shape index (κ3) is 37.3. The summed E-state index contributed by atoms with van der Waals surface area (Å²) in [5.74, 6) is 0. The summed E-state index contributed by atoms with van der Waals surface area (Å²) in [5, 5.41) is 25.9. The molecule has 0 radical (unpaired) electrons. The minimum Gasteiger partial charge on any atom is -0.412 e. The van der Waals surface area contributed by atoms with E-state index in [4.69, 9.17) is 32.8 Å². The van der Waals surface area contributed by atoms with Crippen molar-refractivity contribution in [3.63, 3.8) is 0 Å². The lowest BCUT2D eigenvalue weighted by molar-refractivity contribution is -0.0438. The molecule has 9 heteroatoms. The largest absolute Gasteiger partial charge is 0.412 e. The van der Waals surface area contributed by atoms with Crippen molar-refractivity contribution >= 4 is 10.4 Å². The number of rotatable bonds is 2. The van der Waals surface area contributed by atoms with Gasteiger partial charge in [0.25, 0.3) is 0 Å². The third-order valence-electron chi connectivity index (χ3n) is 0.989. The summed E-state index contributed by atoms with van der Waals surface area (Å²) in [5.41, 5.74) is 0. The Morgan fingerprint density at radius 2 is 1.00 bits per heavy atom. The second kappa shape index (κ2) is 12.8. The number of aliphatic hydroxyl groups excluding tert-OH is 3. The second-order valence-corrected chi connectivity index (χ2v) is 3.32. The minimum absolute atomic E-state index is 0. The van der Waals surface area contributed by atoms with Crippen LogP contribution in [-0.4, -0.2) is 56.6 Å². The van der Waals surface area contributed by atoms with Crippen LogP contribution in [0.5, 0.6) is 0 Å². The maximum absolute atomic E-state index is 8.74. The number of hydrogen-bond donors (Lipinski definition) is 5. The summed E-state index contributed by atoms with van der Waals surface area (Å²) < 4.78 is 31.6. The fourth-order valence-corrected chi connectivity index (χ4v) is 0.403. The van der Waals surface area contributed by atoms with E-state index in [1.165, 1.54) is 13.8 Å². The molecule has 0 aliphatic carbocycles. The van der Waals surface area contributed by atoms with E-state index in [0.717, 1.165) is 0 Å². The Labute approximate surface area is 95.4 Å². The van der Waals surface area contributed by atoms with Crippen molar-refractivity contribution in [3.05, 3.63) is 0 Å². The summed E-state index contributed by atoms with van der Waals surface area (Å²) in [6.45, 7) is 6.86. The highest BCUT2D eigenvalue weighted by atomic mass is 32.3. The molecule has 8 nitrogen and oxygen atoms in total. The first-order valence-electron chi connectivity index (χ1n) is 4.29. The van der Waals surface area contributed by atoms with Crippen LogP contribution in [0.4, 0.5) is 0 Å². The molecule has 0 saturated carbocycles. The molecule has 0 saturated heterocycles. The lowest BCUT2D eigenvalue weighted by Gasteiger charge is -2.15. The molecule has 16 heavy (non-hydrogen) atoms. The fraction of sp³-hybridized carbons (Fsp3) is 1.00. The molecule has 7 N–H and O–H groups in total. The molecular formula is C7H22O8S. The van der Waals surface area contributed by atoms with Crippen LogP contribution in [-0.2, 0) is 10.4 Å². The third-order valence-corrected chi connectivity index (χ3v) is 0.989. The first-order chi connectivity index (χ1) is 6.55. The predicted octanol–water partition coefficient (Wildman–Crippen LogP) is -1.34. The first-order valence-corrected chi connectivity index (χ1v) is 5.69. The van der Waals surface area contributed by atoms with E-state index in [-0.39, 0.29) is 5.48 Å². The molecule has 0 aromatic rings. The zero-order valence-corrected chi connectivity index (χ0v) is 10.5. The second-order valence-electron chi connectivity index (χ2n) is 2.42. The van der Waals surface area contributed by atoms with Gasteiger partial charge in [-0.1, -0.05) is 13.8 Å². The highest BCUT2D eigenvalue weighted by Gasteiger charge is 2.15. The van der Waals surface area contributed by atoms with E-state index in [2.05, 4.69) is 0 Å². The Bertz CT molecular complexity index is 194. The van der Waals surface area contributed by atoms with Gasteiger partial charge in [0.2, 0.25) is 0 Å². The number of aliphatic hydroxyl groups is 3. The summed E-state index contributed by atoms with van der Waals surface area (Å²) in [4.78, 5) is 0. The van der Waals surface area contributed by atoms with Crippen molar-refractivity contribution in [1.82, 2.24) is 0 Å². The van der Waals surface area contributed by atoms with Crippen LogP contribution < -0.4 is 0 Å². The molecule has 0 fully saturated rings. The summed E-state index contributed by atoms with van der Waals surface area (Å²) >= 11 is 0. The van der Waals surface area contributed by atoms with Gasteiger partial charge in [0.1, 0.15) is 6.10 Å². The van der Waals surface area contributed by atoms with Crippen molar-refractivity contribution in [2.24, 2.45) is 0 Å². The molecule has 0 aromatic carbocycles. The van der Waals surface area contributed by atoms with Gasteiger partial charge in [-0.2, -0.15) is 8.42 Å². The maximum atomic E-state index is 8.74. The van der Waals surface area contributed by atoms with Gasteiger partial charge in [0.05, 0.1) is 12.2 Å². The zero-order valence-electron chi connectivity index (χ0n) is 9.69. The molecule has 0 rings (SSSR count). The summed E-state index contributed by atoms with van der Waals surface area (Å²) in [6, 6.07) is 0. The SMILES string of the molecule is CC.C[C@H](O)C(O)[C@@H](C)O.O.O=S(=O)(O)O. The Morgan fingerprint density at radius 3 is 1.00 bits per heavy atom. The van der Waals surface area contributed by atoms with Gasteiger partial charge in [-0.15, -0.1) is 0 Å². The van der Waals surface area contributed by atoms with Crippen molar-refractivity contribution in [1.29, 1.82) is 0 Å². The minimum atomic E-state index is -4.67. The van der Waals surface area contributed by atoms with Crippen LogP contribution in [0.1, 0.15) is 27.7 Å². The Kier molecular flexibility index (Phi) is 19.8. The lowest BCUT2D eigenvalue weighted by atomic mass is 10.1. The van der Waals surface area contributed by atoms with Crippen molar-refractivity contribution in [3.8, 4) is 0 Å². The molecule has 0 aliphatic rings. The van der Waals surface area contributed by atoms with Gasteiger partial charge in [0.15, 0.2) is 0 Å². The van der Waals surface area contributed by atoms with Crippen molar-refractivity contribution in [2.75, 3.05) is 0 Å². The summed E-state index contributed by atoms with van der Waals surface area (Å²) in [7, 11) is -4.67. The molecule has 0 spiro atoms. The molecule has 3 atom stereocenters. The molecule has 0 heterocycles. The van der Waals surface area contributed by atoms with Crippen LogP contribution in [0, 0.1) is 0 Å². The highest BCUT2D eigenvalue weighted by Crippen LogP contribution is 1.96. The topological polar surface area (TPSA) is 167 Å². The molecule has 0 amide bonds. The Morgan fingerprint density at radius 1 is 0.875 bits per heavy atom. The molecule has 0 aliphatic heterocycles. The molecule has 104 valence electrons. The van der Waals surface area contributed by atoms with E-state index in [1.807, 2.05) is 13.8 Å². The standard InChI is InChI=1S/C5H12O3.C2H6.H2O4S.H2O/c1-3(6)5(8)4(2)7;1-2;1-5(2,3)4;/h3-8H,1-2H3;1-2H3;(H2,1,2,3,4);1H2/t3-,4+,5?;;;. The van der Waals surface area contributed by atoms with Gasteiger partial charge in [0, 0.05) is 0 Å². The highest BCUT2D eigenvalue weighted by molar-refractivity contribution is 7.79.